The molecule has 0 aliphatic carbocycles. The summed E-state index contributed by atoms with van der Waals surface area (Å²) in [6, 6.07) is 9.20. The summed E-state index contributed by atoms with van der Waals surface area (Å²) in [6.07, 6.45) is 0. The minimum atomic E-state index is -0.457. The summed E-state index contributed by atoms with van der Waals surface area (Å²) in [7, 11) is 0. The first-order chi connectivity index (χ1) is 10.1. The predicted octanol–water partition coefficient (Wildman–Crippen LogP) is 0.545. The minimum Gasteiger partial charge on any atom is -0.335 e. The molecule has 6 heteroatoms. The molecule has 1 aromatic heterocycles. The van der Waals surface area contributed by atoms with Crippen molar-refractivity contribution in [1.29, 1.82) is 0 Å². The second-order valence-electron chi connectivity index (χ2n) is 5.08. The van der Waals surface area contributed by atoms with Crippen LogP contribution in [0.15, 0.2) is 30.3 Å². The Balaban J connectivity index is 2.13. The number of rotatable bonds is 2. The molecule has 0 bridgehead atoms. The van der Waals surface area contributed by atoms with Crippen LogP contribution in [0.1, 0.15) is 12.5 Å². The van der Waals surface area contributed by atoms with Gasteiger partial charge in [0.05, 0.1) is 12.1 Å². The summed E-state index contributed by atoms with van der Waals surface area (Å²) in [5.74, 6) is -0.0351. The highest BCUT2D eigenvalue weighted by Crippen LogP contribution is 2.25. The molecule has 1 aliphatic heterocycles. The Hall–Kier alpha value is -2.47. The number of anilines is 1. The van der Waals surface area contributed by atoms with Gasteiger partial charge in [0.15, 0.2) is 0 Å². The zero-order valence-corrected chi connectivity index (χ0v) is 11.7. The van der Waals surface area contributed by atoms with Gasteiger partial charge >= 0.3 is 0 Å². The lowest BCUT2D eigenvalue weighted by atomic mass is 10.1. The first kappa shape index (κ1) is 13.5. The molecule has 108 valence electrons. The standard InChI is InChI=1S/C15H16N4O2/c1-9-15(21)18-13(20)8-19(9)14-11(7-16)6-10-4-2-3-5-12(10)17-14/h2-6,9H,7-8,16H2,1H3,(H,18,20,21). The number of carbonyl (C=O) groups is 2. The van der Waals surface area contributed by atoms with E-state index in [0.717, 1.165) is 16.5 Å². The van der Waals surface area contributed by atoms with Crippen LogP contribution in [0.4, 0.5) is 5.82 Å². The molecule has 1 aromatic carbocycles. The Labute approximate surface area is 121 Å². The number of para-hydroxylation sites is 1. The van der Waals surface area contributed by atoms with Gasteiger partial charge < -0.3 is 10.6 Å². The third-order valence-electron chi connectivity index (χ3n) is 3.70. The zero-order valence-electron chi connectivity index (χ0n) is 11.7. The van der Waals surface area contributed by atoms with Crippen LogP contribution in [0.3, 0.4) is 0 Å². The van der Waals surface area contributed by atoms with Gasteiger partial charge in [0, 0.05) is 17.5 Å². The summed E-state index contributed by atoms with van der Waals surface area (Å²) >= 11 is 0. The topological polar surface area (TPSA) is 88.3 Å². The number of amides is 2. The molecule has 6 nitrogen and oxygen atoms in total. The quantitative estimate of drug-likeness (QED) is 0.786. The van der Waals surface area contributed by atoms with Crippen molar-refractivity contribution in [2.24, 2.45) is 5.73 Å². The van der Waals surface area contributed by atoms with Crippen LogP contribution in [0.2, 0.25) is 0 Å². The van der Waals surface area contributed by atoms with Crippen molar-refractivity contribution < 1.29 is 9.59 Å². The molecule has 1 aliphatic rings. The number of nitrogens with zero attached hydrogens (tertiary/aromatic N) is 2. The number of imide groups is 1. The summed E-state index contributed by atoms with van der Waals surface area (Å²) in [5.41, 5.74) is 7.45. The van der Waals surface area contributed by atoms with E-state index in [1.165, 1.54) is 0 Å². The van der Waals surface area contributed by atoms with E-state index in [2.05, 4.69) is 10.3 Å². The number of benzene rings is 1. The number of pyridine rings is 1. The lowest BCUT2D eigenvalue weighted by Crippen LogP contribution is -2.57. The van der Waals surface area contributed by atoms with E-state index in [9.17, 15) is 9.59 Å². The average Bonchev–Trinajstić information content (AvgIpc) is 2.49. The molecular formula is C15H16N4O2. The highest BCUT2D eigenvalue weighted by Gasteiger charge is 2.32. The number of hydrogen-bond acceptors (Lipinski definition) is 5. The third kappa shape index (κ3) is 2.34. The highest BCUT2D eigenvalue weighted by atomic mass is 16.2. The number of nitrogens with two attached hydrogens (primary N) is 1. The summed E-state index contributed by atoms with van der Waals surface area (Å²) in [5, 5.41) is 3.31. The van der Waals surface area contributed by atoms with Gasteiger partial charge in [-0.15, -0.1) is 0 Å². The molecule has 0 spiro atoms. The largest absolute Gasteiger partial charge is 0.335 e. The van der Waals surface area contributed by atoms with Crippen LogP contribution in [0, 0.1) is 0 Å². The number of piperazine rings is 1. The van der Waals surface area contributed by atoms with Gasteiger partial charge in [0.2, 0.25) is 11.8 Å². The van der Waals surface area contributed by atoms with E-state index in [4.69, 9.17) is 5.73 Å². The van der Waals surface area contributed by atoms with Crippen molar-refractivity contribution in [1.82, 2.24) is 10.3 Å². The number of hydrogen-bond donors (Lipinski definition) is 2. The fourth-order valence-electron chi connectivity index (χ4n) is 2.52. The van der Waals surface area contributed by atoms with Crippen LogP contribution in [0.25, 0.3) is 10.9 Å². The van der Waals surface area contributed by atoms with E-state index in [-0.39, 0.29) is 18.4 Å². The summed E-state index contributed by atoms with van der Waals surface area (Å²) in [6.45, 7) is 2.15. The summed E-state index contributed by atoms with van der Waals surface area (Å²) in [4.78, 5) is 29.8. The van der Waals surface area contributed by atoms with E-state index < -0.39 is 6.04 Å². The zero-order chi connectivity index (χ0) is 15.0. The van der Waals surface area contributed by atoms with Gasteiger partial charge in [0.25, 0.3) is 0 Å². The Morgan fingerprint density at radius 3 is 2.90 bits per heavy atom. The fourth-order valence-corrected chi connectivity index (χ4v) is 2.52. The van der Waals surface area contributed by atoms with E-state index in [1.54, 1.807) is 11.8 Å². The van der Waals surface area contributed by atoms with Crippen LogP contribution in [0.5, 0.6) is 0 Å². The lowest BCUT2D eigenvalue weighted by Gasteiger charge is -2.33. The number of aromatic nitrogens is 1. The highest BCUT2D eigenvalue weighted by molar-refractivity contribution is 6.04. The Morgan fingerprint density at radius 1 is 1.38 bits per heavy atom. The van der Waals surface area contributed by atoms with Crippen LogP contribution in [-0.2, 0) is 16.1 Å². The Kier molecular flexibility index (Phi) is 3.31. The smallest absolute Gasteiger partial charge is 0.249 e. The molecule has 1 saturated heterocycles. The molecular weight excluding hydrogens is 268 g/mol. The first-order valence-electron chi connectivity index (χ1n) is 6.79. The second kappa shape index (κ2) is 5.14. The molecule has 0 radical (unpaired) electrons. The van der Waals surface area contributed by atoms with Crippen LogP contribution in [-0.4, -0.2) is 29.4 Å². The molecule has 3 rings (SSSR count). The van der Waals surface area contributed by atoms with Crippen LogP contribution < -0.4 is 16.0 Å². The number of fused-ring (bicyclic) bond motifs is 1. The predicted molar refractivity (Wildman–Crippen MR) is 79.6 cm³/mol. The molecule has 2 amide bonds. The third-order valence-corrected chi connectivity index (χ3v) is 3.70. The van der Waals surface area contributed by atoms with E-state index in [0.29, 0.717) is 12.4 Å². The molecule has 1 atom stereocenters. The molecule has 3 N–H and O–H groups in total. The molecule has 2 heterocycles. The maximum absolute atomic E-state index is 11.8. The van der Waals surface area contributed by atoms with Crippen molar-refractivity contribution in [3.05, 3.63) is 35.9 Å². The Bertz CT molecular complexity index is 729. The minimum absolute atomic E-state index is 0.102. The van der Waals surface area contributed by atoms with Gasteiger partial charge in [0.1, 0.15) is 11.9 Å². The summed E-state index contributed by atoms with van der Waals surface area (Å²) < 4.78 is 0. The van der Waals surface area contributed by atoms with Crippen molar-refractivity contribution in [3.63, 3.8) is 0 Å². The number of nitrogens with one attached hydrogen (secondary N) is 1. The monoisotopic (exact) mass is 284 g/mol. The second-order valence-corrected chi connectivity index (χ2v) is 5.08. The van der Waals surface area contributed by atoms with Crippen LogP contribution >= 0.6 is 0 Å². The van der Waals surface area contributed by atoms with Gasteiger partial charge in [-0.2, -0.15) is 0 Å². The van der Waals surface area contributed by atoms with E-state index >= 15 is 0 Å². The maximum atomic E-state index is 11.8. The normalized spacial score (nSPS) is 19.0. The SMILES string of the molecule is CC1C(=O)NC(=O)CN1c1nc2ccccc2cc1CN. The van der Waals surface area contributed by atoms with Crippen molar-refractivity contribution in [2.45, 2.75) is 19.5 Å². The van der Waals surface area contributed by atoms with Gasteiger partial charge in [-0.3, -0.25) is 14.9 Å². The fraction of sp³-hybridized carbons (Fsp3) is 0.267. The van der Waals surface area contributed by atoms with Crippen molar-refractivity contribution in [3.8, 4) is 0 Å². The van der Waals surface area contributed by atoms with Gasteiger partial charge in [-0.05, 0) is 19.1 Å². The lowest BCUT2D eigenvalue weighted by molar-refractivity contribution is -0.132. The first-order valence-corrected chi connectivity index (χ1v) is 6.79. The average molecular weight is 284 g/mol. The molecule has 1 fully saturated rings. The number of carbonyl (C=O) groups excluding carboxylic acids is 2. The van der Waals surface area contributed by atoms with E-state index in [1.807, 2.05) is 30.3 Å². The Morgan fingerprint density at radius 2 is 2.14 bits per heavy atom. The maximum Gasteiger partial charge on any atom is 0.249 e. The molecule has 1 unspecified atom stereocenters. The van der Waals surface area contributed by atoms with Crippen molar-refractivity contribution >= 4 is 28.5 Å². The molecule has 21 heavy (non-hydrogen) atoms. The molecule has 2 aromatic rings. The van der Waals surface area contributed by atoms with Gasteiger partial charge in [-0.1, -0.05) is 18.2 Å². The van der Waals surface area contributed by atoms with Gasteiger partial charge in [-0.25, -0.2) is 4.98 Å². The molecule has 0 saturated carbocycles. The van der Waals surface area contributed by atoms with Crippen molar-refractivity contribution in [2.75, 3.05) is 11.4 Å².